The van der Waals surface area contributed by atoms with Crippen LogP contribution in [0.15, 0.2) is 36.7 Å². The Kier molecular flexibility index (Phi) is 4.92. The van der Waals surface area contributed by atoms with Crippen molar-refractivity contribution in [2.45, 2.75) is 56.9 Å². The SMILES string of the molecule is FC(F)(F)C1CC(N2Cc3cc(Cl)ccc3-n3c(nnc3C3CC4(C3)CN(c3ncccn3)C4)C2)C1. The summed E-state index contributed by atoms with van der Waals surface area (Å²) in [7, 11) is 0. The first kappa shape index (κ1) is 22.5. The third kappa shape index (κ3) is 3.60. The van der Waals surface area contributed by atoms with Crippen LogP contribution in [0.5, 0.6) is 0 Å². The van der Waals surface area contributed by atoms with Gasteiger partial charge in [0.2, 0.25) is 5.95 Å². The monoisotopic (exact) mass is 515 g/mol. The molecule has 36 heavy (non-hydrogen) atoms. The third-order valence-corrected chi connectivity index (χ3v) is 8.69. The summed E-state index contributed by atoms with van der Waals surface area (Å²) in [5.41, 5.74) is 2.24. The lowest BCUT2D eigenvalue weighted by Gasteiger charge is -2.58. The molecule has 11 heteroatoms. The minimum absolute atomic E-state index is 0.122. The molecule has 4 heterocycles. The molecule has 1 saturated heterocycles. The van der Waals surface area contributed by atoms with E-state index in [1.165, 1.54) is 0 Å². The van der Waals surface area contributed by atoms with E-state index in [-0.39, 0.29) is 24.3 Å². The summed E-state index contributed by atoms with van der Waals surface area (Å²) in [6.07, 6.45) is 1.72. The Bertz CT molecular complexity index is 1290. The van der Waals surface area contributed by atoms with Gasteiger partial charge in [0.15, 0.2) is 5.82 Å². The molecule has 0 unspecified atom stereocenters. The maximum Gasteiger partial charge on any atom is 0.391 e. The van der Waals surface area contributed by atoms with Crippen molar-refractivity contribution in [1.82, 2.24) is 29.6 Å². The number of anilines is 1. The smallest absolute Gasteiger partial charge is 0.340 e. The number of nitrogens with zero attached hydrogens (tertiary/aromatic N) is 7. The van der Waals surface area contributed by atoms with Crippen molar-refractivity contribution >= 4 is 17.5 Å². The number of hydrogen-bond acceptors (Lipinski definition) is 6. The van der Waals surface area contributed by atoms with Crippen LogP contribution < -0.4 is 4.90 Å². The fourth-order valence-electron chi connectivity index (χ4n) is 6.51. The van der Waals surface area contributed by atoms with Crippen LogP contribution in [-0.2, 0) is 13.1 Å². The molecule has 4 aliphatic rings. The zero-order chi connectivity index (χ0) is 24.7. The van der Waals surface area contributed by atoms with Gasteiger partial charge in [-0.2, -0.15) is 13.2 Å². The van der Waals surface area contributed by atoms with Gasteiger partial charge in [-0.1, -0.05) is 11.6 Å². The summed E-state index contributed by atoms with van der Waals surface area (Å²) in [6, 6.07) is 7.47. The molecule has 7 rings (SSSR count). The Morgan fingerprint density at radius 2 is 1.75 bits per heavy atom. The Morgan fingerprint density at radius 3 is 2.47 bits per heavy atom. The molecule has 2 aromatic heterocycles. The van der Waals surface area contributed by atoms with Crippen molar-refractivity contribution in [2.24, 2.45) is 11.3 Å². The van der Waals surface area contributed by atoms with Crippen LogP contribution in [0.1, 0.15) is 48.8 Å². The molecule has 2 aliphatic carbocycles. The lowest BCUT2D eigenvalue weighted by Crippen LogP contribution is -2.62. The van der Waals surface area contributed by atoms with E-state index in [1.54, 1.807) is 12.4 Å². The molecule has 7 nitrogen and oxygen atoms in total. The summed E-state index contributed by atoms with van der Waals surface area (Å²) < 4.78 is 41.5. The average molecular weight is 516 g/mol. The normalized spacial score (nSPS) is 25.4. The van der Waals surface area contributed by atoms with Gasteiger partial charge in [-0.3, -0.25) is 9.47 Å². The summed E-state index contributed by atoms with van der Waals surface area (Å²) in [5, 5.41) is 9.77. The molecular weight excluding hydrogens is 491 g/mol. The highest BCUT2D eigenvalue weighted by atomic mass is 35.5. The minimum atomic E-state index is -4.12. The number of halogens is 4. The maximum absolute atomic E-state index is 13.1. The zero-order valence-electron chi connectivity index (χ0n) is 19.5. The highest BCUT2D eigenvalue weighted by molar-refractivity contribution is 6.30. The summed E-state index contributed by atoms with van der Waals surface area (Å²) >= 11 is 6.34. The number of alkyl halides is 3. The largest absolute Gasteiger partial charge is 0.391 e. The predicted molar refractivity (Wildman–Crippen MR) is 127 cm³/mol. The molecule has 2 saturated carbocycles. The molecule has 0 atom stereocenters. The standard InChI is InChI=1S/C25H25ClF3N7/c26-18-2-3-20-15(6-18)11-34(19-7-17(8-19)25(27,28)29)12-21-32-33-22(36(20)21)16-9-24(10-16)13-35(14-24)23-30-4-1-5-31-23/h1-6,16-17,19H,7-14H2. The molecule has 3 aromatic rings. The summed E-state index contributed by atoms with van der Waals surface area (Å²) in [5.74, 6) is 1.58. The van der Waals surface area contributed by atoms with E-state index in [2.05, 4.69) is 34.5 Å². The van der Waals surface area contributed by atoms with E-state index in [0.29, 0.717) is 24.0 Å². The highest BCUT2D eigenvalue weighted by Crippen LogP contribution is 2.56. The topological polar surface area (TPSA) is 63.0 Å². The number of hydrogen-bond donors (Lipinski definition) is 0. The Morgan fingerprint density at radius 1 is 1.00 bits per heavy atom. The van der Waals surface area contributed by atoms with Crippen molar-refractivity contribution in [3.63, 3.8) is 0 Å². The van der Waals surface area contributed by atoms with Gasteiger partial charge in [-0.05, 0) is 55.5 Å². The van der Waals surface area contributed by atoms with Crippen molar-refractivity contribution < 1.29 is 13.2 Å². The summed E-state index contributed by atoms with van der Waals surface area (Å²) in [4.78, 5) is 13.0. The Labute approximate surface area is 211 Å². The van der Waals surface area contributed by atoms with E-state index in [4.69, 9.17) is 11.6 Å². The van der Waals surface area contributed by atoms with Crippen LogP contribution in [0, 0.1) is 11.3 Å². The van der Waals surface area contributed by atoms with Crippen LogP contribution in [0.2, 0.25) is 5.02 Å². The van der Waals surface area contributed by atoms with Crippen LogP contribution in [0.4, 0.5) is 19.1 Å². The van der Waals surface area contributed by atoms with Gasteiger partial charge < -0.3 is 4.90 Å². The number of fused-ring (bicyclic) bond motifs is 3. The summed E-state index contributed by atoms with van der Waals surface area (Å²) in [6.45, 7) is 2.91. The van der Waals surface area contributed by atoms with E-state index in [1.807, 2.05) is 24.3 Å². The van der Waals surface area contributed by atoms with E-state index in [0.717, 1.165) is 54.8 Å². The first-order valence-corrected chi connectivity index (χ1v) is 12.7. The molecule has 3 fully saturated rings. The second-order valence-electron chi connectivity index (χ2n) is 10.9. The Balaban J connectivity index is 1.12. The van der Waals surface area contributed by atoms with Gasteiger partial charge in [-0.25, -0.2) is 9.97 Å². The molecule has 1 spiro atoms. The first-order valence-electron chi connectivity index (χ1n) is 12.3. The second kappa shape index (κ2) is 7.89. The van der Waals surface area contributed by atoms with Crippen molar-refractivity contribution in [3.8, 4) is 5.69 Å². The third-order valence-electron chi connectivity index (χ3n) is 8.46. The quantitative estimate of drug-likeness (QED) is 0.501. The lowest BCUT2D eigenvalue weighted by atomic mass is 9.57. The second-order valence-corrected chi connectivity index (χ2v) is 11.3. The van der Waals surface area contributed by atoms with E-state index in [9.17, 15) is 13.2 Å². The van der Waals surface area contributed by atoms with Gasteiger partial charge >= 0.3 is 6.18 Å². The predicted octanol–water partition coefficient (Wildman–Crippen LogP) is 4.75. The average Bonchev–Trinajstić information content (AvgIpc) is 3.06. The van der Waals surface area contributed by atoms with Crippen molar-refractivity contribution in [2.75, 3.05) is 18.0 Å². The van der Waals surface area contributed by atoms with Crippen LogP contribution in [-0.4, -0.2) is 54.9 Å². The number of aromatic nitrogens is 5. The van der Waals surface area contributed by atoms with E-state index < -0.39 is 12.1 Å². The fourth-order valence-corrected chi connectivity index (χ4v) is 6.71. The number of rotatable bonds is 3. The molecular formula is C25H25ClF3N7. The molecule has 1 aromatic carbocycles. The van der Waals surface area contributed by atoms with Gasteiger partial charge in [0, 0.05) is 54.4 Å². The van der Waals surface area contributed by atoms with Gasteiger partial charge in [0.05, 0.1) is 18.2 Å². The lowest BCUT2D eigenvalue weighted by molar-refractivity contribution is -0.207. The fraction of sp³-hybridized carbons (Fsp3) is 0.520. The van der Waals surface area contributed by atoms with E-state index >= 15 is 0 Å². The molecule has 0 radical (unpaired) electrons. The first-order chi connectivity index (χ1) is 17.3. The molecule has 0 amide bonds. The highest BCUT2D eigenvalue weighted by Gasteiger charge is 2.55. The minimum Gasteiger partial charge on any atom is -0.340 e. The molecule has 0 bridgehead atoms. The van der Waals surface area contributed by atoms with Crippen LogP contribution in [0.25, 0.3) is 5.69 Å². The van der Waals surface area contributed by atoms with Crippen LogP contribution in [0.3, 0.4) is 0 Å². The maximum atomic E-state index is 13.1. The van der Waals surface area contributed by atoms with Crippen molar-refractivity contribution in [3.05, 3.63) is 58.9 Å². The zero-order valence-corrected chi connectivity index (χ0v) is 20.3. The Hall–Kier alpha value is -2.72. The van der Waals surface area contributed by atoms with Gasteiger partial charge in [-0.15, -0.1) is 10.2 Å². The number of benzene rings is 1. The molecule has 188 valence electrons. The van der Waals surface area contributed by atoms with Gasteiger partial charge in [0.25, 0.3) is 0 Å². The molecule has 0 N–H and O–H groups in total. The van der Waals surface area contributed by atoms with Crippen molar-refractivity contribution in [1.29, 1.82) is 0 Å². The van der Waals surface area contributed by atoms with Crippen LogP contribution >= 0.6 is 11.6 Å². The molecule has 2 aliphatic heterocycles. The van der Waals surface area contributed by atoms with Gasteiger partial charge in [0.1, 0.15) is 5.82 Å².